The number of rotatable bonds is 6. The van der Waals surface area contributed by atoms with Gasteiger partial charge in [0, 0.05) is 37.2 Å². The van der Waals surface area contributed by atoms with Crippen LogP contribution in [0.25, 0.3) is 0 Å². The molecule has 0 bridgehead atoms. The van der Waals surface area contributed by atoms with Crippen molar-refractivity contribution < 1.29 is 8.42 Å². The van der Waals surface area contributed by atoms with Crippen LogP contribution in [0.4, 0.5) is 5.13 Å². The van der Waals surface area contributed by atoms with Crippen molar-refractivity contribution in [3.63, 3.8) is 0 Å². The Labute approximate surface area is 112 Å². The Morgan fingerprint density at radius 3 is 2.67 bits per heavy atom. The van der Waals surface area contributed by atoms with Gasteiger partial charge in [0.1, 0.15) is 9.84 Å². The third kappa shape index (κ3) is 3.43. The van der Waals surface area contributed by atoms with E-state index in [1.807, 2.05) is 11.9 Å². The molecule has 0 spiro atoms. The Balaban J connectivity index is 2.08. The van der Waals surface area contributed by atoms with Gasteiger partial charge in [-0.2, -0.15) is 0 Å². The molecule has 2 N–H and O–H groups in total. The number of nitrogens with two attached hydrogens (primary N) is 1. The Kier molecular flexibility index (Phi) is 3.93. The van der Waals surface area contributed by atoms with Gasteiger partial charge in [0.05, 0.1) is 11.4 Å². The Morgan fingerprint density at radius 1 is 1.50 bits per heavy atom. The van der Waals surface area contributed by atoms with Crippen molar-refractivity contribution >= 4 is 26.3 Å². The molecule has 0 atom stereocenters. The minimum Gasteiger partial charge on any atom is -0.350 e. The van der Waals surface area contributed by atoms with Crippen LogP contribution in [0.3, 0.4) is 0 Å². The van der Waals surface area contributed by atoms with E-state index in [-0.39, 0.29) is 5.75 Å². The van der Waals surface area contributed by atoms with Gasteiger partial charge in [0.25, 0.3) is 0 Å². The van der Waals surface area contributed by atoms with Crippen molar-refractivity contribution in [2.45, 2.75) is 25.3 Å². The van der Waals surface area contributed by atoms with E-state index in [0.717, 1.165) is 15.7 Å². The SMILES string of the molecule is CN(CCS(C)(=O)=O)c1nc(C2CC2)c(CN)s1. The molecule has 0 radical (unpaired) electrons. The summed E-state index contributed by atoms with van der Waals surface area (Å²) in [5.74, 6) is 0.733. The average molecular weight is 289 g/mol. The number of anilines is 1. The topological polar surface area (TPSA) is 76.3 Å². The number of hydrogen-bond acceptors (Lipinski definition) is 6. The lowest BCUT2D eigenvalue weighted by molar-refractivity contribution is 0.601. The highest BCUT2D eigenvalue weighted by Crippen LogP contribution is 2.43. The van der Waals surface area contributed by atoms with E-state index in [1.165, 1.54) is 19.1 Å². The maximum absolute atomic E-state index is 11.1. The van der Waals surface area contributed by atoms with Crippen molar-refractivity contribution in [1.29, 1.82) is 0 Å². The summed E-state index contributed by atoms with van der Waals surface area (Å²) >= 11 is 1.58. The van der Waals surface area contributed by atoms with Gasteiger partial charge < -0.3 is 10.6 Å². The molecular formula is C11H19N3O2S2. The van der Waals surface area contributed by atoms with Crippen LogP contribution in [-0.4, -0.2) is 39.0 Å². The normalized spacial score (nSPS) is 15.9. The molecule has 102 valence electrons. The Morgan fingerprint density at radius 2 is 2.17 bits per heavy atom. The second-order valence-corrected chi connectivity index (χ2v) is 8.16. The second kappa shape index (κ2) is 5.14. The molecule has 0 saturated heterocycles. The first-order valence-electron chi connectivity index (χ1n) is 5.99. The summed E-state index contributed by atoms with van der Waals surface area (Å²) in [6.07, 6.45) is 3.65. The summed E-state index contributed by atoms with van der Waals surface area (Å²) in [4.78, 5) is 7.65. The fourth-order valence-electron chi connectivity index (χ4n) is 1.73. The molecule has 18 heavy (non-hydrogen) atoms. The molecule has 1 aromatic rings. The van der Waals surface area contributed by atoms with Crippen LogP contribution >= 0.6 is 11.3 Å². The van der Waals surface area contributed by atoms with Crippen LogP contribution < -0.4 is 10.6 Å². The highest BCUT2D eigenvalue weighted by Gasteiger charge is 2.29. The fraction of sp³-hybridized carbons (Fsp3) is 0.727. The van der Waals surface area contributed by atoms with E-state index in [1.54, 1.807) is 11.3 Å². The van der Waals surface area contributed by atoms with Gasteiger partial charge in [-0.3, -0.25) is 0 Å². The zero-order chi connectivity index (χ0) is 13.3. The molecule has 5 nitrogen and oxygen atoms in total. The van der Waals surface area contributed by atoms with E-state index in [0.29, 0.717) is 19.0 Å². The fourth-order valence-corrected chi connectivity index (χ4v) is 3.35. The standard InChI is InChI=1S/C11H19N3O2S2/c1-14(5-6-18(2,15)16)11-13-10(8-3-4-8)9(7-12)17-11/h8H,3-7,12H2,1-2H3. The Bertz CT molecular complexity index is 520. The van der Waals surface area contributed by atoms with Crippen LogP contribution in [-0.2, 0) is 16.4 Å². The van der Waals surface area contributed by atoms with Crippen LogP contribution in [0.5, 0.6) is 0 Å². The molecule has 1 fully saturated rings. The van der Waals surface area contributed by atoms with Gasteiger partial charge in [-0.15, -0.1) is 11.3 Å². The van der Waals surface area contributed by atoms with Crippen LogP contribution in [0.15, 0.2) is 0 Å². The summed E-state index contributed by atoms with van der Waals surface area (Å²) in [6, 6.07) is 0. The number of nitrogens with zero attached hydrogens (tertiary/aromatic N) is 2. The van der Waals surface area contributed by atoms with Gasteiger partial charge in [0.2, 0.25) is 0 Å². The third-order valence-electron chi connectivity index (χ3n) is 2.99. The lowest BCUT2D eigenvalue weighted by Gasteiger charge is -2.14. The number of aromatic nitrogens is 1. The molecule has 7 heteroatoms. The molecule has 0 aliphatic heterocycles. The summed E-state index contributed by atoms with van der Waals surface area (Å²) in [7, 11) is -1.05. The molecular weight excluding hydrogens is 270 g/mol. The highest BCUT2D eigenvalue weighted by atomic mass is 32.2. The summed E-state index contributed by atoms with van der Waals surface area (Å²) < 4.78 is 22.3. The van der Waals surface area contributed by atoms with Crippen molar-refractivity contribution in [2.75, 3.05) is 30.5 Å². The second-order valence-electron chi connectivity index (χ2n) is 4.83. The number of hydrogen-bond donors (Lipinski definition) is 1. The zero-order valence-electron chi connectivity index (χ0n) is 10.7. The maximum atomic E-state index is 11.1. The largest absolute Gasteiger partial charge is 0.350 e. The summed E-state index contributed by atoms with van der Waals surface area (Å²) in [5, 5.41) is 0.876. The molecule has 0 amide bonds. The molecule has 1 heterocycles. The van der Waals surface area contributed by atoms with Gasteiger partial charge >= 0.3 is 0 Å². The van der Waals surface area contributed by atoms with E-state index in [9.17, 15) is 8.42 Å². The summed E-state index contributed by atoms with van der Waals surface area (Å²) in [6.45, 7) is 0.990. The number of thiazole rings is 1. The molecule has 1 aliphatic carbocycles. The smallest absolute Gasteiger partial charge is 0.185 e. The van der Waals surface area contributed by atoms with Crippen LogP contribution in [0, 0.1) is 0 Å². The maximum Gasteiger partial charge on any atom is 0.185 e. The highest BCUT2D eigenvalue weighted by molar-refractivity contribution is 7.90. The van der Waals surface area contributed by atoms with Crippen LogP contribution in [0.1, 0.15) is 29.3 Å². The third-order valence-corrected chi connectivity index (χ3v) is 5.12. The van der Waals surface area contributed by atoms with Gasteiger partial charge in [-0.05, 0) is 12.8 Å². The van der Waals surface area contributed by atoms with Crippen molar-refractivity contribution in [2.24, 2.45) is 5.73 Å². The van der Waals surface area contributed by atoms with E-state index in [2.05, 4.69) is 4.98 Å². The molecule has 0 unspecified atom stereocenters. The predicted molar refractivity (Wildman–Crippen MR) is 75.0 cm³/mol. The average Bonchev–Trinajstić information content (AvgIpc) is 3.04. The van der Waals surface area contributed by atoms with Crippen LogP contribution in [0.2, 0.25) is 0 Å². The minimum absolute atomic E-state index is 0.153. The van der Waals surface area contributed by atoms with Crippen molar-refractivity contribution in [1.82, 2.24) is 4.98 Å². The summed E-state index contributed by atoms with van der Waals surface area (Å²) in [5.41, 5.74) is 6.86. The molecule has 1 aromatic heterocycles. The van der Waals surface area contributed by atoms with E-state index in [4.69, 9.17) is 5.73 Å². The first kappa shape index (κ1) is 13.8. The van der Waals surface area contributed by atoms with Crippen molar-refractivity contribution in [3.8, 4) is 0 Å². The minimum atomic E-state index is -2.93. The first-order valence-corrected chi connectivity index (χ1v) is 8.87. The monoisotopic (exact) mass is 289 g/mol. The molecule has 2 rings (SSSR count). The quantitative estimate of drug-likeness (QED) is 0.844. The lowest BCUT2D eigenvalue weighted by atomic mass is 10.2. The van der Waals surface area contributed by atoms with E-state index >= 15 is 0 Å². The van der Waals surface area contributed by atoms with Gasteiger partial charge in [-0.25, -0.2) is 13.4 Å². The first-order chi connectivity index (χ1) is 8.40. The number of sulfone groups is 1. The predicted octanol–water partition coefficient (Wildman–Crippen LogP) is 0.960. The lowest BCUT2D eigenvalue weighted by Crippen LogP contribution is -2.24. The Hall–Kier alpha value is -0.660. The van der Waals surface area contributed by atoms with Gasteiger partial charge in [-0.1, -0.05) is 0 Å². The van der Waals surface area contributed by atoms with Crippen molar-refractivity contribution in [3.05, 3.63) is 10.6 Å². The molecule has 0 aromatic carbocycles. The molecule has 1 aliphatic rings. The van der Waals surface area contributed by atoms with E-state index < -0.39 is 9.84 Å². The zero-order valence-corrected chi connectivity index (χ0v) is 12.4. The van der Waals surface area contributed by atoms with Gasteiger partial charge in [0.15, 0.2) is 5.13 Å². The molecule has 1 saturated carbocycles.